The van der Waals surface area contributed by atoms with Crippen LogP contribution in [0.3, 0.4) is 0 Å². The molecule has 0 unspecified atom stereocenters. The molecule has 3 aromatic rings. The summed E-state index contributed by atoms with van der Waals surface area (Å²) in [6.45, 7) is 2.65. The van der Waals surface area contributed by atoms with Gasteiger partial charge in [0, 0.05) is 24.1 Å². The minimum Gasteiger partial charge on any atom is -0.356 e. The summed E-state index contributed by atoms with van der Waals surface area (Å²) >= 11 is 0. The van der Waals surface area contributed by atoms with E-state index in [9.17, 15) is 4.79 Å². The summed E-state index contributed by atoms with van der Waals surface area (Å²) in [5.41, 5.74) is 6.22. The first-order valence-electron chi connectivity index (χ1n) is 10.8. The Labute approximate surface area is 176 Å². The van der Waals surface area contributed by atoms with Gasteiger partial charge in [-0.2, -0.15) is 0 Å². The zero-order chi connectivity index (χ0) is 20.5. The van der Waals surface area contributed by atoms with E-state index in [0.717, 1.165) is 37.1 Å². The second kappa shape index (κ2) is 7.90. The molecule has 0 radical (unpaired) electrons. The highest BCUT2D eigenvalue weighted by Crippen LogP contribution is 2.37. The van der Waals surface area contributed by atoms with Crippen molar-refractivity contribution in [3.05, 3.63) is 66.0 Å². The van der Waals surface area contributed by atoms with Gasteiger partial charge in [0.15, 0.2) is 5.82 Å². The van der Waals surface area contributed by atoms with Crippen LogP contribution in [-0.4, -0.2) is 27.2 Å². The highest BCUT2D eigenvalue weighted by Gasteiger charge is 2.31. The number of carbonyl (C=O) groups is 1. The van der Waals surface area contributed by atoms with Gasteiger partial charge < -0.3 is 9.88 Å². The number of nitrogens with one attached hydrogen (secondary N) is 1. The summed E-state index contributed by atoms with van der Waals surface area (Å²) in [5, 5.41) is 11.5. The molecular weight excluding hydrogens is 372 g/mol. The van der Waals surface area contributed by atoms with E-state index >= 15 is 0 Å². The first-order valence-corrected chi connectivity index (χ1v) is 10.8. The van der Waals surface area contributed by atoms with Gasteiger partial charge in [-0.1, -0.05) is 54.6 Å². The van der Waals surface area contributed by atoms with E-state index in [0.29, 0.717) is 6.54 Å². The highest BCUT2D eigenvalue weighted by atomic mass is 16.1. The van der Waals surface area contributed by atoms with Gasteiger partial charge in [-0.25, -0.2) is 0 Å². The van der Waals surface area contributed by atoms with Crippen LogP contribution in [0.15, 0.2) is 54.9 Å². The van der Waals surface area contributed by atoms with Crippen molar-refractivity contribution in [2.24, 2.45) is 5.92 Å². The molecule has 0 saturated heterocycles. The zero-order valence-electron chi connectivity index (χ0n) is 17.2. The van der Waals surface area contributed by atoms with Gasteiger partial charge in [0.25, 0.3) is 0 Å². The van der Waals surface area contributed by atoms with Crippen molar-refractivity contribution in [3.63, 3.8) is 0 Å². The lowest BCUT2D eigenvalue weighted by Crippen LogP contribution is -2.29. The Morgan fingerprint density at radius 1 is 1.10 bits per heavy atom. The molecule has 1 heterocycles. The van der Waals surface area contributed by atoms with Gasteiger partial charge in [0.05, 0.1) is 0 Å². The summed E-state index contributed by atoms with van der Waals surface area (Å²) in [6.07, 6.45) is 9.97. The van der Waals surface area contributed by atoms with Crippen molar-refractivity contribution >= 4 is 12.0 Å². The van der Waals surface area contributed by atoms with Crippen molar-refractivity contribution in [1.82, 2.24) is 20.1 Å². The van der Waals surface area contributed by atoms with Crippen LogP contribution in [0.25, 0.3) is 28.6 Å². The lowest BCUT2D eigenvalue weighted by Gasteiger charge is -2.15. The Hall–Kier alpha value is -3.21. The number of nitrogens with zero attached hydrogens (tertiary/aromatic N) is 3. The number of hydrogen-bond acceptors (Lipinski definition) is 3. The van der Waals surface area contributed by atoms with E-state index < -0.39 is 0 Å². The standard InChI is InChI=1S/C25H26N4O/c1-2-26-25(30)22-12-13-23(15-22)29-16-27-28-24(29)19-9-6-18(7-10-19)21-11-8-17-4-3-5-20(17)14-21/h3-4,6-11,14,16,22-23H,2,5,12-13,15H2,1H3,(H,26,30)/t22-,23+/m0/s1. The van der Waals surface area contributed by atoms with Gasteiger partial charge >= 0.3 is 0 Å². The maximum absolute atomic E-state index is 12.2. The molecule has 0 spiro atoms. The molecular formula is C25H26N4O. The van der Waals surface area contributed by atoms with Crippen molar-refractivity contribution < 1.29 is 4.79 Å². The van der Waals surface area contributed by atoms with Gasteiger partial charge in [-0.3, -0.25) is 4.79 Å². The zero-order valence-corrected chi connectivity index (χ0v) is 17.2. The summed E-state index contributed by atoms with van der Waals surface area (Å²) < 4.78 is 2.15. The third-order valence-corrected chi connectivity index (χ3v) is 6.35. The van der Waals surface area contributed by atoms with Gasteiger partial charge in [0.2, 0.25) is 5.91 Å². The molecule has 1 N–H and O–H groups in total. The molecule has 0 bridgehead atoms. The van der Waals surface area contributed by atoms with Crippen LogP contribution >= 0.6 is 0 Å². The number of carbonyl (C=O) groups excluding carboxylic acids is 1. The van der Waals surface area contributed by atoms with E-state index in [-0.39, 0.29) is 17.9 Å². The molecule has 1 fully saturated rings. The average Bonchev–Trinajstić information content (AvgIpc) is 3.53. The smallest absolute Gasteiger partial charge is 0.223 e. The van der Waals surface area contributed by atoms with Gasteiger partial charge in [-0.05, 0) is 54.9 Å². The van der Waals surface area contributed by atoms with Crippen molar-refractivity contribution in [1.29, 1.82) is 0 Å². The SMILES string of the molecule is CCNC(=O)[C@H]1CC[C@@H](n2cnnc2-c2ccc(-c3ccc4c(c3)CC=C4)cc2)C1. The maximum Gasteiger partial charge on any atom is 0.223 e. The minimum absolute atomic E-state index is 0.0851. The average molecular weight is 399 g/mol. The second-order valence-corrected chi connectivity index (χ2v) is 8.22. The molecule has 1 saturated carbocycles. The Bertz CT molecular complexity index is 1100. The number of amides is 1. The maximum atomic E-state index is 12.2. The normalized spacial score (nSPS) is 19.8. The lowest BCUT2D eigenvalue weighted by molar-refractivity contribution is -0.124. The largest absolute Gasteiger partial charge is 0.356 e. The third kappa shape index (κ3) is 3.45. The van der Waals surface area contributed by atoms with Crippen LogP contribution in [-0.2, 0) is 11.2 Å². The molecule has 2 aliphatic carbocycles. The van der Waals surface area contributed by atoms with Gasteiger partial charge in [-0.15, -0.1) is 10.2 Å². The lowest BCUT2D eigenvalue weighted by atomic mass is 9.99. The van der Waals surface area contributed by atoms with Crippen molar-refractivity contribution in [2.75, 3.05) is 6.54 Å². The fraction of sp³-hybridized carbons (Fsp3) is 0.320. The first-order chi connectivity index (χ1) is 14.7. The van der Waals surface area contributed by atoms with Crippen molar-refractivity contribution in [2.45, 2.75) is 38.6 Å². The van der Waals surface area contributed by atoms with Crippen molar-refractivity contribution in [3.8, 4) is 22.5 Å². The summed E-state index contributed by atoms with van der Waals surface area (Å²) in [4.78, 5) is 12.2. The number of aromatic nitrogens is 3. The molecule has 5 heteroatoms. The fourth-order valence-electron chi connectivity index (χ4n) is 4.73. The Kier molecular flexibility index (Phi) is 4.95. The topological polar surface area (TPSA) is 59.8 Å². The molecule has 2 aromatic carbocycles. The molecule has 2 atom stereocenters. The number of allylic oxidation sites excluding steroid dienone is 1. The van der Waals surface area contributed by atoms with E-state index in [1.54, 1.807) is 0 Å². The predicted octanol–water partition coefficient (Wildman–Crippen LogP) is 4.66. The van der Waals surface area contributed by atoms with Crippen LogP contribution in [0.5, 0.6) is 0 Å². The van der Waals surface area contributed by atoms with E-state index in [4.69, 9.17) is 0 Å². The molecule has 2 aliphatic rings. The molecule has 0 aliphatic heterocycles. The fourth-order valence-corrected chi connectivity index (χ4v) is 4.73. The third-order valence-electron chi connectivity index (χ3n) is 6.35. The highest BCUT2D eigenvalue weighted by molar-refractivity contribution is 5.79. The summed E-state index contributed by atoms with van der Waals surface area (Å²) in [7, 11) is 0. The second-order valence-electron chi connectivity index (χ2n) is 8.22. The van der Waals surface area contributed by atoms with Crippen LogP contribution in [0.2, 0.25) is 0 Å². The molecule has 30 heavy (non-hydrogen) atoms. The van der Waals surface area contributed by atoms with Crippen LogP contribution in [0, 0.1) is 5.92 Å². The molecule has 1 aromatic heterocycles. The quantitative estimate of drug-likeness (QED) is 0.680. The Balaban J connectivity index is 1.35. The Morgan fingerprint density at radius 3 is 2.73 bits per heavy atom. The predicted molar refractivity (Wildman–Crippen MR) is 119 cm³/mol. The van der Waals surface area contributed by atoms with Crippen LogP contribution in [0.1, 0.15) is 43.4 Å². The Morgan fingerprint density at radius 2 is 1.90 bits per heavy atom. The summed E-state index contributed by atoms with van der Waals surface area (Å²) in [5.74, 6) is 1.13. The minimum atomic E-state index is 0.0851. The molecule has 1 amide bonds. The number of hydrogen-bond donors (Lipinski definition) is 1. The van der Waals surface area contributed by atoms with E-state index in [1.807, 2.05) is 13.3 Å². The first kappa shape index (κ1) is 18.8. The summed E-state index contributed by atoms with van der Waals surface area (Å²) in [6, 6.07) is 15.5. The van der Waals surface area contributed by atoms with E-state index in [1.165, 1.54) is 22.3 Å². The van der Waals surface area contributed by atoms with E-state index in [2.05, 4.69) is 74.7 Å². The number of rotatable bonds is 5. The number of fused-ring (bicyclic) bond motifs is 1. The number of benzene rings is 2. The van der Waals surface area contributed by atoms with Crippen LogP contribution in [0.4, 0.5) is 0 Å². The van der Waals surface area contributed by atoms with Crippen LogP contribution < -0.4 is 5.32 Å². The van der Waals surface area contributed by atoms with Gasteiger partial charge in [0.1, 0.15) is 6.33 Å². The molecule has 5 nitrogen and oxygen atoms in total. The monoisotopic (exact) mass is 398 g/mol. The molecule has 5 rings (SSSR count). The molecule has 152 valence electrons.